The van der Waals surface area contributed by atoms with Crippen molar-refractivity contribution >= 4 is 11.8 Å². The van der Waals surface area contributed by atoms with Gasteiger partial charge in [-0.2, -0.15) is 0 Å². The number of rotatable bonds is 4. The Morgan fingerprint density at radius 1 is 1.17 bits per heavy atom. The second kappa shape index (κ2) is 5.95. The largest absolute Gasteiger partial charge is 0.277 e. The topological polar surface area (TPSA) is 50.3 Å². The minimum atomic E-state index is -0.729. The SMILES string of the molecule is CC[C@]1(c2ccc(C)cc2)CC(=O)N(Cc2cccnc2)C1=O. The Hall–Kier alpha value is -2.49. The quantitative estimate of drug-likeness (QED) is 0.816. The van der Waals surface area contributed by atoms with E-state index < -0.39 is 5.41 Å². The number of aryl methyl sites for hydroxylation is 1. The molecular formula is C19H20N2O2. The summed E-state index contributed by atoms with van der Waals surface area (Å²) in [4.78, 5) is 31.0. The highest BCUT2D eigenvalue weighted by Crippen LogP contribution is 2.40. The van der Waals surface area contributed by atoms with Crippen molar-refractivity contribution in [2.75, 3.05) is 0 Å². The summed E-state index contributed by atoms with van der Waals surface area (Å²) in [5.74, 6) is -0.209. The van der Waals surface area contributed by atoms with Crippen LogP contribution in [0.1, 0.15) is 36.5 Å². The van der Waals surface area contributed by atoms with Crippen molar-refractivity contribution in [1.29, 1.82) is 0 Å². The van der Waals surface area contributed by atoms with Crippen molar-refractivity contribution in [2.24, 2.45) is 0 Å². The average Bonchev–Trinajstić information content (AvgIpc) is 2.82. The van der Waals surface area contributed by atoms with Gasteiger partial charge in [0.2, 0.25) is 11.8 Å². The van der Waals surface area contributed by atoms with Crippen LogP contribution >= 0.6 is 0 Å². The molecule has 4 heteroatoms. The Labute approximate surface area is 136 Å². The van der Waals surface area contributed by atoms with Gasteiger partial charge in [0.1, 0.15) is 0 Å². The lowest BCUT2D eigenvalue weighted by Gasteiger charge is -2.26. The predicted octanol–water partition coefficient (Wildman–Crippen LogP) is 3.00. The van der Waals surface area contributed by atoms with Crippen LogP contribution in [0.3, 0.4) is 0 Å². The van der Waals surface area contributed by atoms with E-state index in [0.717, 1.165) is 16.7 Å². The molecule has 1 fully saturated rings. The average molecular weight is 308 g/mol. The second-order valence-corrected chi connectivity index (χ2v) is 6.12. The van der Waals surface area contributed by atoms with Gasteiger partial charge in [0.25, 0.3) is 0 Å². The van der Waals surface area contributed by atoms with Crippen molar-refractivity contribution in [3.63, 3.8) is 0 Å². The molecule has 1 saturated heterocycles. The summed E-state index contributed by atoms with van der Waals surface area (Å²) in [7, 11) is 0. The number of hydrogen-bond acceptors (Lipinski definition) is 3. The predicted molar refractivity (Wildman–Crippen MR) is 87.6 cm³/mol. The Morgan fingerprint density at radius 2 is 1.91 bits per heavy atom. The minimum Gasteiger partial charge on any atom is -0.277 e. The van der Waals surface area contributed by atoms with E-state index in [0.29, 0.717) is 13.0 Å². The van der Waals surface area contributed by atoms with Gasteiger partial charge in [0.05, 0.1) is 12.0 Å². The highest BCUT2D eigenvalue weighted by Gasteiger charge is 2.51. The Morgan fingerprint density at radius 3 is 2.52 bits per heavy atom. The van der Waals surface area contributed by atoms with Crippen molar-refractivity contribution in [3.8, 4) is 0 Å². The number of amides is 2. The molecule has 23 heavy (non-hydrogen) atoms. The summed E-state index contributed by atoms with van der Waals surface area (Å²) in [5, 5.41) is 0. The first-order valence-electron chi connectivity index (χ1n) is 7.87. The number of hydrogen-bond donors (Lipinski definition) is 0. The zero-order valence-corrected chi connectivity index (χ0v) is 13.5. The Kier molecular flexibility index (Phi) is 3.99. The van der Waals surface area contributed by atoms with E-state index in [-0.39, 0.29) is 18.2 Å². The molecule has 0 bridgehead atoms. The molecule has 0 N–H and O–H groups in total. The van der Waals surface area contributed by atoms with Crippen molar-refractivity contribution in [2.45, 2.75) is 38.6 Å². The summed E-state index contributed by atoms with van der Waals surface area (Å²) >= 11 is 0. The zero-order chi connectivity index (χ0) is 16.4. The maximum absolute atomic E-state index is 13.0. The highest BCUT2D eigenvalue weighted by molar-refractivity contribution is 6.09. The van der Waals surface area contributed by atoms with E-state index in [9.17, 15) is 9.59 Å². The Bertz CT molecular complexity index is 725. The molecule has 2 heterocycles. The van der Waals surface area contributed by atoms with E-state index in [1.165, 1.54) is 4.90 Å². The van der Waals surface area contributed by atoms with Crippen LogP contribution in [-0.4, -0.2) is 21.7 Å². The molecule has 0 aliphatic carbocycles. The smallest absolute Gasteiger partial charge is 0.240 e. The van der Waals surface area contributed by atoms with Gasteiger partial charge in [-0.3, -0.25) is 19.5 Å². The molecule has 1 aromatic heterocycles. The maximum atomic E-state index is 13.0. The standard InChI is InChI=1S/C19H20N2O2/c1-3-19(16-8-6-14(2)7-9-16)11-17(22)21(18(19)23)13-15-5-4-10-20-12-15/h4-10,12H,3,11,13H2,1-2H3/t19-/m1/s1. The molecule has 3 rings (SSSR count). The van der Waals surface area contributed by atoms with Gasteiger partial charge in [-0.1, -0.05) is 42.8 Å². The Balaban J connectivity index is 1.93. The third-order valence-electron chi connectivity index (χ3n) is 4.68. The molecule has 1 aliphatic heterocycles. The molecule has 1 atom stereocenters. The summed E-state index contributed by atoms with van der Waals surface area (Å²) in [6, 6.07) is 11.6. The van der Waals surface area contributed by atoms with E-state index in [1.807, 2.05) is 50.2 Å². The van der Waals surface area contributed by atoms with Gasteiger partial charge >= 0.3 is 0 Å². The molecule has 0 spiro atoms. The minimum absolute atomic E-state index is 0.0993. The number of benzene rings is 1. The molecule has 0 radical (unpaired) electrons. The molecule has 0 saturated carbocycles. The lowest BCUT2D eigenvalue weighted by Crippen LogP contribution is -2.37. The molecule has 2 amide bonds. The van der Waals surface area contributed by atoms with Crippen molar-refractivity contribution in [3.05, 3.63) is 65.5 Å². The van der Waals surface area contributed by atoms with Crippen LogP contribution in [0.25, 0.3) is 0 Å². The second-order valence-electron chi connectivity index (χ2n) is 6.12. The number of likely N-dealkylation sites (tertiary alicyclic amines) is 1. The van der Waals surface area contributed by atoms with E-state index in [1.54, 1.807) is 12.4 Å². The van der Waals surface area contributed by atoms with Gasteiger partial charge < -0.3 is 0 Å². The summed E-state index contributed by atoms with van der Waals surface area (Å²) < 4.78 is 0. The number of imide groups is 1. The van der Waals surface area contributed by atoms with Crippen molar-refractivity contribution in [1.82, 2.24) is 9.88 Å². The number of carbonyl (C=O) groups is 2. The van der Waals surface area contributed by atoms with Crippen LogP contribution in [-0.2, 0) is 21.5 Å². The van der Waals surface area contributed by atoms with Gasteiger partial charge in [-0.15, -0.1) is 0 Å². The monoisotopic (exact) mass is 308 g/mol. The van der Waals surface area contributed by atoms with Gasteiger partial charge in [0.15, 0.2) is 0 Å². The number of pyridine rings is 1. The van der Waals surface area contributed by atoms with Crippen LogP contribution in [0.4, 0.5) is 0 Å². The number of aromatic nitrogens is 1. The fourth-order valence-corrected chi connectivity index (χ4v) is 3.21. The summed E-state index contributed by atoms with van der Waals surface area (Å²) in [6.45, 7) is 4.27. The molecular weight excluding hydrogens is 288 g/mol. The van der Waals surface area contributed by atoms with Crippen LogP contribution in [0, 0.1) is 6.92 Å². The third kappa shape index (κ3) is 2.65. The number of carbonyl (C=O) groups excluding carboxylic acids is 2. The zero-order valence-electron chi connectivity index (χ0n) is 13.5. The molecule has 2 aromatic rings. The van der Waals surface area contributed by atoms with Gasteiger partial charge in [-0.25, -0.2) is 0 Å². The number of nitrogens with zero attached hydrogens (tertiary/aromatic N) is 2. The van der Waals surface area contributed by atoms with E-state index >= 15 is 0 Å². The van der Waals surface area contributed by atoms with Crippen LogP contribution in [0.5, 0.6) is 0 Å². The molecule has 0 unspecified atom stereocenters. The normalized spacial score (nSPS) is 21.0. The first-order valence-corrected chi connectivity index (χ1v) is 7.87. The molecule has 1 aliphatic rings. The van der Waals surface area contributed by atoms with Crippen molar-refractivity contribution < 1.29 is 9.59 Å². The van der Waals surface area contributed by atoms with Crippen LogP contribution < -0.4 is 0 Å². The lowest BCUT2D eigenvalue weighted by atomic mass is 9.76. The fourth-order valence-electron chi connectivity index (χ4n) is 3.21. The first kappa shape index (κ1) is 15.4. The summed E-state index contributed by atoms with van der Waals surface area (Å²) in [6.07, 6.45) is 4.23. The molecule has 4 nitrogen and oxygen atoms in total. The summed E-state index contributed by atoms with van der Waals surface area (Å²) in [5.41, 5.74) is 2.21. The van der Waals surface area contributed by atoms with Crippen LogP contribution in [0.2, 0.25) is 0 Å². The van der Waals surface area contributed by atoms with Gasteiger partial charge in [-0.05, 0) is 30.5 Å². The van der Waals surface area contributed by atoms with E-state index in [4.69, 9.17) is 0 Å². The molecule has 1 aromatic carbocycles. The lowest BCUT2D eigenvalue weighted by molar-refractivity contribution is -0.140. The third-order valence-corrected chi connectivity index (χ3v) is 4.68. The van der Waals surface area contributed by atoms with E-state index in [2.05, 4.69) is 4.98 Å². The van der Waals surface area contributed by atoms with Crippen LogP contribution in [0.15, 0.2) is 48.8 Å². The maximum Gasteiger partial charge on any atom is 0.240 e. The highest BCUT2D eigenvalue weighted by atomic mass is 16.2. The van der Waals surface area contributed by atoms with Gasteiger partial charge in [0, 0.05) is 18.8 Å². The fraction of sp³-hybridized carbons (Fsp3) is 0.316. The first-order chi connectivity index (χ1) is 11.1. The molecule has 118 valence electrons.